The third-order valence-electron chi connectivity index (χ3n) is 2.69. The number of hydrogen-bond donors (Lipinski definition) is 1. The molecule has 0 bridgehead atoms. The predicted molar refractivity (Wildman–Crippen MR) is 73.4 cm³/mol. The average molecular weight is 254 g/mol. The van der Waals surface area contributed by atoms with Crippen LogP contribution in [0.5, 0.6) is 0 Å². The number of carbonyl (C=O) groups excluding carboxylic acids is 1. The van der Waals surface area contributed by atoms with Gasteiger partial charge in [0, 0.05) is 18.0 Å². The van der Waals surface area contributed by atoms with Gasteiger partial charge in [-0.25, -0.2) is 0 Å². The van der Waals surface area contributed by atoms with Crippen molar-refractivity contribution in [2.75, 3.05) is 5.32 Å². The third-order valence-corrected chi connectivity index (χ3v) is 2.98. The standard InChI is InChI=1S/C14H20ClNO/c1-2-3-4-5-10-14(17)16-13-9-7-6-8-12(13)11-15/h6-9H,2-5,10-11H2,1H3,(H,16,17). The van der Waals surface area contributed by atoms with Crippen molar-refractivity contribution in [3.8, 4) is 0 Å². The number of benzene rings is 1. The lowest BCUT2D eigenvalue weighted by atomic mass is 10.1. The summed E-state index contributed by atoms with van der Waals surface area (Å²) in [5.74, 6) is 0.505. The SMILES string of the molecule is CCCCCCC(=O)Nc1ccccc1CCl. The molecule has 1 rings (SSSR count). The van der Waals surface area contributed by atoms with Crippen LogP contribution in [0.1, 0.15) is 44.6 Å². The fourth-order valence-corrected chi connectivity index (χ4v) is 1.92. The molecule has 0 atom stereocenters. The summed E-state index contributed by atoms with van der Waals surface area (Å²) in [6, 6.07) is 7.65. The van der Waals surface area contributed by atoms with E-state index in [1.165, 1.54) is 12.8 Å². The lowest BCUT2D eigenvalue weighted by Crippen LogP contribution is -2.12. The summed E-state index contributed by atoms with van der Waals surface area (Å²) >= 11 is 5.81. The molecule has 0 aromatic heterocycles. The fourth-order valence-electron chi connectivity index (χ4n) is 1.68. The van der Waals surface area contributed by atoms with Crippen molar-refractivity contribution < 1.29 is 4.79 Å². The van der Waals surface area contributed by atoms with Crippen molar-refractivity contribution in [1.82, 2.24) is 0 Å². The number of unbranched alkanes of at least 4 members (excludes halogenated alkanes) is 3. The van der Waals surface area contributed by atoms with Gasteiger partial charge >= 0.3 is 0 Å². The number of para-hydroxylation sites is 1. The Kier molecular flexibility index (Phi) is 6.71. The van der Waals surface area contributed by atoms with E-state index in [0.717, 1.165) is 24.1 Å². The molecule has 0 heterocycles. The van der Waals surface area contributed by atoms with E-state index in [2.05, 4.69) is 12.2 Å². The number of hydrogen-bond acceptors (Lipinski definition) is 1. The minimum absolute atomic E-state index is 0.0821. The van der Waals surface area contributed by atoms with E-state index in [1.807, 2.05) is 24.3 Å². The van der Waals surface area contributed by atoms with Gasteiger partial charge in [-0.05, 0) is 18.1 Å². The number of amides is 1. The summed E-state index contributed by atoms with van der Waals surface area (Å²) in [6.45, 7) is 2.16. The van der Waals surface area contributed by atoms with E-state index in [9.17, 15) is 4.79 Å². The molecule has 1 aromatic carbocycles. The molecule has 1 amide bonds. The molecule has 2 nitrogen and oxygen atoms in total. The van der Waals surface area contributed by atoms with Crippen LogP contribution in [0.4, 0.5) is 5.69 Å². The first-order valence-corrected chi connectivity index (χ1v) is 6.75. The highest BCUT2D eigenvalue weighted by Crippen LogP contribution is 2.17. The second kappa shape index (κ2) is 8.13. The van der Waals surface area contributed by atoms with Gasteiger partial charge in [-0.15, -0.1) is 11.6 Å². The number of carbonyl (C=O) groups is 1. The predicted octanol–water partition coefficient (Wildman–Crippen LogP) is 4.33. The summed E-state index contributed by atoms with van der Waals surface area (Å²) in [7, 11) is 0. The van der Waals surface area contributed by atoms with Crippen molar-refractivity contribution in [2.24, 2.45) is 0 Å². The lowest BCUT2D eigenvalue weighted by Gasteiger charge is -2.08. The lowest BCUT2D eigenvalue weighted by molar-refractivity contribution is -0.116. The zero-order valence-electron chi connectivity index (χ0n) is 10.3. The molecule has 0 radical (unpaired) electrons. The second-order valence-electron chi connectivity index (χ2n) is 4.15. The Labute approximate surface area is 108 Å². The summed E-state index contributed by atoms with van der Waals surface area (Å²) < 4.78 is 0. The van der Waals surface area contributed by atoms with Crippen LogP contribution < -0.4 is 5.32 Å². The molecule has 3 heteroatoms. The van der Waals surface area contributed by atoms with E-state index in [4.69, 9.17) is 11.6 Å². The Balaban J connectivity index is 2.39. The molecular weight excluding hydrogens is 234 g/mol. The first-order chi connectivity index (χ1) is 8.27. The van der Waals surface area contributed by atoms with Crippen LogP contribution in [-0.2, 0) is 10.7 Å². The molecule has 0 saturated heterocycles. The highest BCUT2D eigenvalue weighted by molar-refractivity contribution is 6.17. The van der Waals surface area contributed by atoms with Crippen LogP contribution in [0.2, 0.25) is 0 Å². The van der Waals surface area contributed by atoms with Gasteiger partial charge < -0.3 is 5.32 Å². The van der Waals surface area contributed by atoms with Crippen LogP contribution in [0.15, 0.2) is 24.3 Å². The van der Waals surface area contributed by atoms with E-state index < -0.39 is 0 Å². The topological polar surface area (TPSA) is 29.1 Å². The molecule has 1 aromatic rings. The van der Waals surface area contributed by atoms with Gasteiger partial charge in [0.25, 0.3) is 0 Å². The van der Waals surface area contributed by atoms with Crippen molar-refractivity contribution in [3.05, 3.63) is 29.8 Å². The quantitative estimate of drug-likeness (QED) is 0.569. The van der Waals surface area contributed by atoms with Crippen LogP contribution >= 0.6 is 11.6 Å². The highest BCUT2D eigenvalue weighted by atomic mass is 35.5. The smallest absolute Gasteiger partial charge is 0.224 e. The Bertz CT molecular complexity index is 352. The first kappa shape index (κ1) is 14.0. The maximum atomic E-state index is 11.7. The number of halogens is 1. The molecule has 0 unspecified atom stereocenters. The van der Waals surface area contributed by atoms with Crippen molar-refractivity contribution in [1.29, 1.82) is 0 Å². The molecule has 0 saturated carbocycles. The Morgan fingerprint density at radius 1 is 1.24 bits per heavy atom. The van der Waals surface area contributed by atoms with Gasteiger partial charge in [-0.2, -0.15) is 0 Å². The zero-order chi connectivity index (χ0) is 12.5. The van der Waals surface area contributed by atoms with Gasteiger partial charge in [0.05, 0.1) is 0 Å². The molecule has 0 aliphatic heterocycles. The van der Waals surface area contributed by atoms with Gasteiger partial charge in [0.2, 0.25) is 5.91 Å². The van der Waals surface area contributed by atoms with Crippen LogP contribution in [0.25, 0.3) is 0 Å². The number of nitrogens with one attached hydrogen (secondary N) is 1. The largest absolute Gasteiger partial charge is 0.326 e. The minimum Gasteiger partial charge on any atom is -0.326 e. The Morgan fingerprint density at radius 3 is 2.71 bits per heavy atom. The molecule has 0 spiro atoms. The normalized spacial score (nSPS) is 10.2. The fraction of sp³-hybridized carbons (Fsp3) is 0.500. The Hall–Kier alpha value is -1.02. The summed E-state index contributed by atoms with van der Waals surface area (Å²) in [5.41, 5.74) is 1.80. The highest BCUT2D eigenvalue weighted by Gasteiger charge is 2.05. The minimum atomic E-state index is 0.0821. The zero-order valence-corrected chi connectivity index (χ0v) is 11.1. The van der Waals surface area contributed by atoms with Gasteiger partial charge in [-0.1, -0.05) is 44.4 Å². The van der Waals surface area contributed by atoms with Crippen LogP contribution in [-0.4, -0.2) is 5.91 Å². The van der Waals surface area contributed by atoms with Gasteiger partial charge in [0.1, 0.15) is 0 Å². The molecule has 17 heavy (non-hydrogen) atoms. The summed E-state index contributed by atoms with van der Waals surface area (Å²) in [4.78, 5) is 11.7. The van der Waals surface area contributed by atoms with Crippen molar-refractivity contribution in [2.45, 2.75) is 44.9 Å². The van der Waals surface area contributed by atoms with E-state index in [0.29, 0.717) is 12.3 Å². The van der Waals surface area contributed by atoms with Crippen LogP contribution in [0, 0.1) is 0 Å². The van der Waals surface area contributed by atoms with E-state index >= 15 is 0 Å². The molecular formula is C14H20ClNO. The number of alkyl halides is 1. The summed E-state index contributed by atoms with van der Waals surface area (Å²) in [5, 5.41) is 2.91. The second-order valence-corrected chi connectivity index (χ2v) is 4.42. The van der Waals surface area contributed by atoms with Gasteiger partial charge in [-0.3, -0.25) is 4.79 Å². The third kappa shape index (κ3) is 5.22. The Morgan fingerprint density at radius 2 is 2.00 bits per heavy atom. The molecule has 94 valence electrons. The van der Waals surface area contributed by atoms with Crippen molar-refractivity contribution >= 4 is 23.2 Å². The van der Waals surface area contributed by atoms with Crippen LogP contribution in [0.3, 0.4) is 0 Å². The molecule has 1 N–H and O–H groups in total. The molecule has 0 fully saturated rings. The van der Waals surface area contributed by atoms with E-state index in [-0.39, 0.29) is 5.91 Å². The maximum Gasteiger partial charge on any atom is 0.224 e. The van der Waals surface area contributed by atoms with E-state index in [1.54, 1.807) is 0 Å². The molecule has 0 aliphatic rings. The van der Waals surface area contributed by atoms with Gasteiger partial charge in [0.15, 0.2) is 0 Å². The number of rotatable bonds is 7. The van der Waals surface area contributed by atoms with Crippen molar-refractivity contribution in [3.63, 3.8) is 0 Å². The molecule has 0 aliphatic carbocycles. The monoisotopic (exact) mass is 253 g/mol. The maximum absolute atomic E-state index is 11.7. The number of anilines is 1. The average Bonchev–Trinajstić information content (AvgIpc) is 2.35. The first-order valence-electron chi connectivity index (χ1n) is 6.21. The summed E-state index contributed by atoms with van der Waals surface area (Å²) in [6.07, 6.45) is 5.07.